The number of carbonyl (C=O) groups is 1. The molecule has 3 aromatic rings. The second-order valence-corrected chi connectivity index (χ2v) is 7.42. The maximum Gasteiger partial charge on any atom is 0.259 e. The van der Waals surface area contributed by atoms with Crippen molar-refractivity contribution in [2.24, 2.45) is 5.10 Å². The SMILES string of the molecule is Cc1ccc(NCC(=O)N/N=C\c2ccccc2OCc2ccc(Cl)cc2Cl)cc1. The van der Waals surface area contributed by atoms with Gasteiger partial charge >= 0.3 is 0 Å². The fourth-order valence-corrected chi connectivity index (χ4v) is 3.04. The molecule has 5 nitrogen and oxygen atoms in total. The Bertz CT molecular complexity index is 1040. The molecule has 30 heavy (non-hydrogen) atoms. The van der Waals surface area contributed by atoms with Crippen LogP contribution in [0.4, 0.5) is 5.69 Å². The number of hydrogen-bond donors (Lipinski definition) is 2. The molecule has 0 aromatic heterocycles. The summed E-state index contributed by atoms with van der Waals surface area (Å²) in [5.74, 6) is 0.373. The quantitative estimate of drug-likeness (QED) is 0.361. The van der Waals surface area contributed by atoms with Crippen molar-refractivity contribution in [3.63, 3.8) is 0 Å². The molecule has 0 bridgehead atoms. The van der Waals surface area contributed by atoms with Crippen molar-refractivity contribution in [1.82, 2.24) is 5.43 Å². The van der Waals surface area contributed by atoms with Crippen LogP contribution in [0.1, 0.15) is 16.7 Å². The molecule has 0 aliphatic carbocycles. The van der Waals surface area contributed by atoms with Gasteiger partial charge < -0.3 is 10.1 Å². The van der Waals surface area contributed by atoms with Crippen molar-refractivity contribution >= 4 is 41.0 Å². The van der Waals surface area contributed by atoms with Gasteiger partial charge in [0, 0.05) is 26.9 Å². The smallest absolute Gasteiger partial charge is 0.259 e. The zero-order valence-corrected chi connectivity index (χ0v) is 17.9. The van der Waals surface area contributed by atoms with E-state index in [4.69, 9.17) is 27.9 Å². The number of rotatable bonds is 8. The van der Waals surface area contributed by atoms with E-state index < -0.39 is 0 Å². The second-order valence-electron chi connectivity index (χ2n) is 6.57. The fourth-order valence-electron chi connectivity index (χ4n) is 2.58. The molecule has 0 saturated carbocycles. The van der Waals surface area contributed by atoms with Crippen molar-refractivity contribution < 1.29 is 9.53 Å². The Morgan fingerprint density at radius 3 is 2.60 bits per heavy atom. The molecule has 0 aliphatic heterocycles. The molecular weight excluding hydrogens is 421 g/mol. The lowest BCUT2D eigenvalue weighted by Crippen LogP contribution is -2.25. The lowest BCUT2D eigenvalue weighted by molar-refractivity contribution is -0.119. The van der Waals surface area contributed by atoms with Gasteiger partial charge in [-0.1, -0.05) is 59.1 Å². The number of halogens is 2. The van der Waals surface area contributed by atoms with Gasteiger partial charge in [-0.3, -0.25) is 4.79 Å². The molecule has 0 aliphatic rings. The van der Waals surface area contributed by atoms with Crippen LogP contribution in [0.25, 0.3) is 0 Å². The number of hydrazone groups is 1. The summed E-state index contributed by atoms with van der Waals surface area (Å²) in [5, 5.41) is 8.19. The zero-order chi connectivity index (χ0) is 21.3. The molecule has 3 aromatic carbocycles. The number of amides is 1. The van der Waals surface area contributed by atoms with Gasteiger partial charge in [0.1, 0.15) is 12.4 Å². The highest BCUT2D eigenvalue weighted by Crippen LogP contribution is 2.23. The largest absolute Gasteiger partial charge is 0.488 e. The first-order valence-corrected chi connectivity index (χ1v) is 10.0. The first-order chi connectivity index (χ1) is 14.5. The third kappa shape index (κ3) is 6.51. The van der Waals surface area contributed by atoms with Crippen LogP contribution in [-0.2, 0) is 11.4 Å². The van der Waals surface area contributed by atoms with E-state index in [1.54, 1.807) is 18.3 Å². The lowest BCUT2D eigenvalue weighted by Gasteiger charge is -2.10. The van der Waals surface area contributed by atoms with Gasteiger partial charge in [0.15, 0.2) is 0 Å². The van der Waals surface area contributed by atoms with Crippen LogP contribution < -0.4 is 15.5 Å². The van der Waals surface area contributed by atoms with Crippen molar-refractivity contribution in [2.75, 3.05) is 11.9 Å². The minimum atomic E-state index is -0.252. The second kappa shape index (κ2) is 10.7. The number of para-hydroxylation sites is 1. The average Bonchev–Trinajstić information content (AvgIpc) is 2.73. The summed E-state index contributed by atoms with van der Waals surface area (Å²) in [7, 11) is 0. The first kappa shape index (κ1) is 21.7. The van der Waals surface area contributed by atoms with Crippen LogP contribution in [0.15, 0.2) is 71.8 Å². The van der Waals surface area contributed by atoms with E-state index in [0.717, 1.165) is 22.4 Å². The Morgan fingerprint density at radius 2 is 1.83 bits per heavy atom. The standard InChI is InChI=1S/C23H21Cl2N3O2/c1-16-6-10-20(11-7-16)26-14-23(29)28-27-13-17-4-2-3-5-22(17)30-15-18-8-9-19(24)12-21(18)25/h2-13,26H,14-15H2,1H3,(H,28,29)/b27-13-. The van der Waals surface area contributed by atoms with E-state index in [-0.39, 0.29) is 19.1 Å². The molecule has 0 saturated heterocycles. The van der Waals surface area contributed by atoms with Crippen LogP contribution in [0.3, 0.4) is 0 Å². The number of nitrogens with one attached hydrogen (secondary N) is 2. The van der Waals surface area contributed by atoms with E-state index in [0.29, 0.717) is 15.8 Å². The molecular formula is C23H21Cl2N3O2. The molecule has 1 amide bonds. The summed E-state index contributed by atoms with van der Waals surface area (Å²) in [5.41, 5.74) is 6.09. The summed E-state index contributed by atoms with van der Waals surface area (Å²) in [6.45, 7) is 2.41. The number of hydrogen-bond acceptors (Lipinski definition) is 4. The van der Waals surface area contributed by atoms with Crippen LogP contribution in [0.2, 0.25) is 10.0 Å². The summed E-state index contributed by atoms with van der Waals surface area (Å²) < 4.78 is 5.87. The van der Waals surface area contributed by atoms with E-state index in [1.165, 1.54) is 0 Å². The third-order valence-electron chi connectivity index (χ3n) is 4.21. The monoisotopic (exact) mass is 441 g/mol. The van der Waals surface area contributed by atoms with Crippen molar-refractivity contribution in [2.45, 2.75) is 13.5 Å². The molecule has 0 atom stereocenters. The van der Waals surface area contributed by atoms with Crippen LogP contribution in [-0.4, -0.2) is 18.7 Å². The first-order valence-electron chi connectivity index (χ1n) is 9.29. The highest BCUT2D eigenvalue weighted by atomic mass is 35.5. The number of nitrogens with zero attached hydrogens (tertiary/aromatic N) is 1. The summed E-state index contributed by atoms with van der Waals surface area (Å²) in [6, 6.07) is 20.5. The highest BCUT2D eigenvalue weighted by Gasteiger charge is 2.06. The van der Waals surface area contributed by atoms with E-state index in [1.807, 2.05) is 61.5 Å². The van der Waals surface area contributed by atoms with Crippen molar-refractivity contribution in [3.05, 3.63) is 93.5 Å². The third-order valence-corrected chi connectivity index (χ3v) is 4.80. The minimum absolute atomic E-state index is 0.119. The maximum atomic E-state index is 12.0. The molecule has 0 radical (unpaired) electrons. The van der Waals surface area contributed by atoms with Gasteiger partial charge in [-0.15, -0.1) is 0 Å². The number of carbonyl (C=O) groups excluding carboxylic acids is 1. The Balaban J connectivity index is 1.54. The summed E-state index contributed by atoms with van der Waals surface area (Å²) in [4.78, 5) is 12.0. The molecule has 154 valence electrons. The van der Waals surface area contributed by atoms with Gasteiger partial charge in [-0.25, -0.2) is 5.43 Å². The van der Waals surface area contributed by atoms with Gasteiger partial charge in [-0.05, 0) is 43.3 Å². The van der Waals surface area contributed by atoms with Gasteiger partial charge in [0.2, 0.25) is 0 Å². The number of anilines is 1. The Labute approximate surface area is 185 Å². The Hall–Kier alpha value is -3.02. The van der Waals surface area contributed by atoms with Crippen LogP contribution in [0.5, 0.6) is 5.75 Å². The topological polar surface area (TPSA) is 62.7 Å². The maximum absolute atomic E-state index is 12.0. The molecule has 0 fully saturated rings. The minimum Gasteiger partial charge on any atom is -0.488 e. The van der Waals surface area contributed by atoms with Gasteiger partial charge in [0.25, 0.3) is 5.91 Å². The van der Waals surface area contributed by atoms with Crippen molar-refractivity contribution in [3.8, 4) is 5.75 Å². The molecule has 2 N–H and O–H groups in total. The lowest BCUT2D eigenvalue weighted by atomic mass is 10.2. The van der Waals surface area contributed by atoms with Crippen LogP contribution >= 0.6 is 23.2 Å². The summed E-state index contributed by atoms with van der Waals surface area (Å²) >= 11 is 12.1. The molecule has 0 unspecified atom stereocenters. The van der Waals surface area contributed by atoms with E-state index in [9.17, 15) is 4.79 Å². The number of ether oxygens (including phenoxy) is 1. The normalized spacial score (nSPS) is 10.8. The van der Waals surface area contributed by atoms with Gasteiger partial charge in [0.05, 0.1) is 12.8 Å². The van der Waals surface area contributed by atoms with Crippen molar-refractivity contribution in [1.29, 1.82) is 0 Å². The predicted octanol–water partition coefficient (Wildman–Crippen LogP) is 5.44. The average molecular weight is 442 g/mol. The molecule has 0 heterocycles. The Kier molecular flexibility index (Phi) is 7.71. The summed E-state index contributed by atoms with van der Waals surface area (Å²) in [6.07, 6.45) is 1.54. The van der Waals surface area contributed by atoms with E-state index in [2.05, 4.69) is 15.8 Å². The van der Waals surface area contributed by atoms with Gasteiger partial charge in [-0.2, -0.15) is 5.10 Å². The van der Waals surface area contributed by atoms with Crippen LogP contribution in [0, 0.1) is 6.92 Å². The molecule has 0 spiro atoms. The molecule has 7 heteroatoms. The Morgan fingerprint density at radius 1 is 1.07 bits per heavy atom. The fraction of sp³-hybridized carbons (Fsp3) is 0.130. The van der Waals surface area contributed by atoms with E-state index >= 15 is 0 Å². The zero-order valence-electron chi connectivity index (χ0n) is 16.4. The number of benzene rings is 3. The molecule has 3 rings (SSSR count). The predicted molar refractivity (Wildman–Crippen MR) is 123 cm³/mol. The highest BCUT2D eigenvalue weighted by molar-refractivity contribution is 6.35. The number of aryl methyl sites for hydroxylation is 1.